The number of nitrogens with zero attached hydrogens (tertiary/aromatic N) is 1. The highest BCUT2D eigenvalue weighted by Crippen LogP contribution is 2.34. The SMILES string of the molecule is CC1C[N+]12CCCCC2. The van der Waals surface area contributed by atoms with Crippen molar-refractivity contribution in [2.45, 2.75) is 32.2 Å². The lowest BCUT2D eigenvalue weighted by Gasteiger charge is -2.24. The first-order valence-corrected chi connectivity index (χ1v) is 4.19. The van der Waals surface area contributed by atoms with Crippen molar-refractivity contribution in [2.24, 2.45) is 0 Å². The Kier molecular flexibility index (Phi) is 1.10. The van der Waals surface area contributed by atoms with Crippen molar-refractivity contribution in [1.82, 2.24) is 0 Å². The second-order valence-electron chi connectivity index (χ2n) is 3.76. The standard InChI is InChI=1S/C8H16N/c1-8-7-9(8)5-3-2-4-6-9/h8H,2-7H2,1H3/q+1. The van der Waals surface area contributed by atoms with Crippen LogP contribution in [0.2, 0.25) is 0 Å². The minimum absolute atomic E-state index is 1.02. The van der Waals surface area contributed by atoms with E-state index in [4.69, 9.17) is 0 Å². The average Bonchev–Trinajstić information content (AvgIpc) is 2.44. The van der Waals surface area contributed by atoms with E-state index in [9.17, 15) is 0 Å². The highest BCUT2D eigenvalue weighted by Gasteiger charge is 2.51. The minimum atomic E-state index is 1.02. The highest BCUT2D eigenvalue weighted by molar-refractivity contribution is 4.71. The van der Waals surface area contributed by atoms with E-state index < -0.39 is 0 Å². The van der Waals surface area contributed by atoms with E-state index in [-0.39, 0.29) is 0 Å². The van der Waals surface area contributed by atoms with Crippen LogP contribution in [0.1, 0.15) is 26.2 Å². The molecule has 1 spiro atoms. The summed E-state index contributed by atoms with van der Waals surface area (Å²) in [5, 5.41) is 0. The van der Waals surface area contributed by atoms with Crippen molar-refractivity contribution >= 4 is 0 Å². The number of hydrogen-bond donors (Lipinski definition) is 0. The minimum Gasteiger partial charge on any atom is -0.312 e. The molecule has 0 radical (unpaired) electrons. The summed E-state index contributed by atoms with van der Waals surface area (Å²) >= 11 is 0. The molecule has 2 rings (SSSR count). The zero-order valence-electron chi connectivity index (χ0n) is 6.27. The van der Waals surface area contributed by atoms with Crippen molar-refractivity contribution in [1.29, 1.82) is 0 Å². The first-order valence-electron chi connectivity index (χ1n) is 4.19. The molecule has 9 heavy (non-hydrogen) atoms. The molecule has 0 aliphatic carbocycles. The predicted molar refractivity (Wildman–Crippen MR) is 38.2 cm³/mol. The fraction of sp³-hybridized carbons (Fsp3) is 1.00. The normalized spacial score (nSPS) is 39.0. The van der Waals surface area contributed by atoms with Crippen LogP contribution in [0.4, 0.5) is 0 Å². The number of hydrogen-bond acceptors (Lipinski definition) is 0. The maximum Gasteiger partial charge on any atom is 0.136 e. The largest absolute Gasteiger partial charge is 0.312 e. The van der Waals surface area contributed by atoms with Crippen molar-refractivity contribution in [3.63, 3.8) is 0 Å². The second-order valence-corrected chi connectivity index (χ2v) is 3.76. The van der Waals surface area contributed by atoms with Gasteiger partial charge in [0.2, 0.25) is 0 Å². The van der Waals surface area contributed by atoms with Gasteiger partial charge in [-0.25, -0.2) is 0 Å². The molecule has 0 N–H and O–H groups in total. The van der Waals surface area contributed by atoms with Gasteiger partial charge in [0.1, 0.15) is 12.6 Å². The molecule has 2 heterocycles. The maximum absolute atomic E-state index is 2.39. The highest BCUT2D eigenvalue weighted by atomic mass is 15.5. The third-order valence-corrected chi connectivity index (χ3v) is 3.14. The Morgan fingerprint density at radius 3 is 2.00 bits per heavy atom. The van der Waals surface area contributed by atoms with Crippen LogP contribution in [-0.2, 0) is 0 Å². The van der Waals surface area contributed by atoms with Gasteiger partial charge in [0.25, 0.3) is 0 Å². The monoisotopic (exact) mass is 126 g/mol. The van der Waals surface area contributed by atoms with Gasteiger partial charge in [-0.2, -0.15) is 0 Å². The Morgan fingerprint density at radius 1 is 1.11 bits per heavy atom. The zero-order chi connectivity index (χ0) is 6.32. The van der Waals surface area contributed by atoms with E-state index in [0.717, 1.165) is 6.04 Å². The summed E-state index contributed by atoms with van der Waals surface area (Å²) < 4.78 is 1.49. The number of quaternary nitrogens is 1. The van der Waals surface area contributed by atoms with E-state index in [1.54, 1.807) is 0 Å². The van der Waals surface area contributed by atoms with Gasteiger partial charge < -0.3 is 4.48 Å². The zero-order valence-corrected chi connectivity index (χ0v) is 6.27. The van der Waals surface area contributed by atoms with Crippen LogP contribution in [0.25, 0.3) is 0 Å². The summed E-state index contributed by atoms with van der Waals surface area (Å²) in [7, 11) is 0. The van der Waals surface area contributed by atoms with Crippen molar-refractivity contribution < 1.29 is 4.48 Å². The molecular weight excluding hydrogens is 110 g/mol. The quantitative estimate of drug-likeness (QED) is 0.340. The van der Waals surface area contributed by atoms with Gasteiger partial charge in [0.15, 0.2) is 0 Å². The maximum atomic E-state index is 2.39. The van der Waals surface area contributed by atoms with Crippen LogP contribution in [0.5, 0.6) is 0 Å². The Bertz CT molecular complexity index is 114. The summed E-state index contributed by atoms with van der Waals surface area (Å²) in [6.07, 6.45) is 4.47. The Hall–Kier alpha value is -0.0400. The summed E-state index contributed by atoms with van der Waals surface area (Å²) in [4.78, 5) is 0. The molecule has 1 nitrogen and oxygen atoms in total. The van der Waals surface area contributed by atoms with Crippen molar-refractivity contribution in [3.8, 4) is 0 Å². The molecule has 0 saturated carbocycles. The fourth-order valence-electron chi connectivity index (χ4n) is 2.24. The molecule has 2 aliphatic heterocycles. The predicted octanol–water partition coefficient (Wildman–Crippen LogP) is 1.39. The van der Waals surface area contributed by atoms with Gasteiger partial charge >= 0.3 is 0 Å². The van der Waals surface area contributed by atoms with Crippen LogP contribution in [-0.4, -0.2) is 30.2 Å². The number of rotatable bonds is 0. The summed E-state index contributed by atoms with van der Waals surface area (Å²) in [6.45, 7) is 6.85. The molecule has 2 aliphatic rings. The van der Waals surface area contributed by atoms with Crippen molar-refractivity contribution in [2.75, 3.05) is 19.6 Å². The Balaban J connectivity index is 1.97. The van der Waals surface area contributed by atoms with Gasteiger partial charge in [-0.3, -0.25) is 0 Å². The fourth-order valence-corrected chi connectivity index (χ4v) is 2.24. The van der Waals surface area contributed by atoms with Gasteiger partial charge in [-0.05, 0) is 26.2 Å². The van der Waals surface area contributed by atoms with Gasteiger partial charge in [0.05, 0.1) is 13.1 Å². The second kappa shape index (κ2) is 1.72. The molecule has 1 heteroatoms. The van der Waals surface area contributed by atoms with Crippen LogP contribution >= 0.6 is 0 Å². The van der Waals surface area contributed by atoms with Gasteiger partial charge in [-0.1, -0.05) is 0 Å². The topological polar surface area (TPSA) is 0 Å². The van der Waals surface area contributed by atoms with Gasteiger partial charge in [0, 0.05) is 0 Å². The van der Waals surface area contributed by atoms with E-state index >= 15 is 0 Å². The molecule has 0 aromatic carbocycles. The third-order valence-electron chi connectivity index (χ3n) is 3.14. The lowest BCUT2D eigenvalue weighted by atomic mass is 10.1. The molecule has 1 unspecified atom stereocenters. The Morgan fingerprint density at radius 2 is 1.67 bits per heavy atom. The molecule has 2 saturated heterocycles. The molecule has 0 aromatic heterocycles. The van der Waals surface area contributed by atoms with E-state index in [2.05, 4.69) is 6.92 Å². The smallest absolute Gasteiger partial charge is 0.136 e. The first-order chi connectivity index (χ1) is 4.33. The molecule has 0 bridgehead atoms. The summed E-state index contributed by atoms with van der Waals surface area (Å²) in [6, 6.07) is 1.02. The first kappa shape index (κ1) is 5.72. The molecule has 52 valence electrons. The molecule has 2 fully saturated rings. The molecular formula is C8H16N+. The molecule has 0 aromatic rings. The van der Waals surface area contributed by atoms with Crippen LogP contribution < -0.4 is 0 Å². The molecule has 1 atom stereocenters. The van der Waals surface area contributed by atoms with E-state index in [1.165, 1.54) is 43.4 Å². The van der Waals surface area contributed by atoms with E-state index in [1.807, 2.05) is 0 Å². The van der Waals surface area contributed by atoms with Gasteiger partial charge in [-0.15, -0.1) is 0 Å². The van der Waals surface area contributed by atoms with E-state index in [0.29, 0.717) is 0 Å². The summed E-state index contributed by atoms with van der Waals surface area (Å²) in [5.74, 6) is 0. The average molecular weight is 126 g/mol. The molecule has 0 amide bonds. The Labute approximate surface area is 57.3 Å². The summed E-state index contributed by atoms with van der Waals surface area (Å²) in [5.41, 5.74) is 0. The lowest BCUT2D eigenvalue weighted by molar-refractivity contribution is -0.818. The van der Waals surface area contributed by atoms with Crippen molar-refractivity contribution in [3.05, 3.63) is 0 Å². The lowest BCUT2D eigenvalue weighted by Crippen LogP contribution is -2.33. The van der Waals surface area contributed by atoms with Crippen LogP contribution in [0.3, 0.4) is 0 Å². The number of piperidine rings is 1. The van der Waals surface area contributed by atoms with Crippen LogP contribution in [0.15, 0.2) is 0 Å². The third kappa shape index (κ3) is 0.787. The van der Waals surface area contributed by atoms with Crippen LogP contribution in [0, 0.1) is 0 Å².